The van der Waals surface area contributed by atoms with Gasteiger partial charge in [-0.25, -0.2) is 14.6 Å². The van der Waals surface area contributed by atoms with Crippen LogP contribution in [-0.4, -0.2) is 86.5 Å². The van der Waals surface area contributed by atoms with E-state index in [0.717, 1.165) is 0 Å². The number of anilines is 1. The summed E-state index contributed by atoms with van der Waals surface area (Å²) in [5.41, 5.74) is 1.66. The number of pyridine rings is 1. The van der Waals surface area contributed by atoms with E-state index in [1.165, 1.54) is 27.6 Å². The van der Waals surface area contributed by atoms with Crippen LogP contribution in [0.1, 0.15) is 18.7 Å². The van der Waals surface area contributed by atoms with E-state index >= 15 is 0 Å². The topological polar surface area (TPSA) is 225 Å². The smallest absolute Gasteiger partial charge is 0.348 e. The summed E-state index contributed by atoms with van der Waals surface area (Å²) in [6.45, 7) is 1.43. The van der Waals surface area contributed by atoms with E-state index in [-0.39, 0.29) is 33.4 Å². The number of ether oxygens (including phenoxy) is 2. The number of terminal acetylenes is 1. The Morgan fingerprint density at radius 1 is 1.22 bits per heavy atom. The first-order valence-electron chi connectivity index (χ1n) is 13.4. The first-order chi connectivity index (χ1) is 21.4. The highest BCUT2D eigenvalue weighted by Crippen LogP contribution is 2.39. The molecule has 45 heavy (non-hydrogen) atoms. The van der Waals surface area contributed by atoms with E-state index in [1.54, 1.807) is 30.5 Å². The number of nitrogen functional groups attached to an aromatic ring is 1. The predicted molar refractivity (Wildman–Crippen MR) is 158 cm³/mol. The summed E-state index contributed by atoms with van der Waals surface area (Å²) in [4.78, 5) is 49.5. The van der Waals surface area contributed by atoms with Crippen LogP contribution in [0.2, 0.25) is 5.28 Å². The maximum atomic E-state index is 12.7. The van der Waals surface area contributed by atoms with Crippen LogP contribution in [0.5, 0.6) is 0 Å². The van der Waals surface area contributed by atoms with Gasteiger partial charge in [0.25, 0.3) is 11.2 Å². The van der Waals surface area contributed by atoms with Gasteiger partial charge in [-0.05, 0) is 41.8 Å². The van der Waals surface area contributed by atoms with Gasteiger partial charge in [-0.1, -0.05) is 30.2 Å². The molecule has 16 heteroatoms. The largest absolute Gasteiger partial charge is 0.479 e. The molecular formula is C29H27ClN6O9. The fourth-order valence-corrected chi connectivity index (χ4v) is 5.32. The maximum absolute atomic E-state index is 12.7. The molecule has 1 aliphatic rings. The number of carboxylic acids is 2. The Morgan fingerprint density at radius 3 is 2.53 bits per heavy atom. The highest BCUT2D eigenvalue weighted by Gasteiger charge is 2.58. The molecule has 1 aliphatic heterocycles. The van der Waals surface area contributed by atoms with Crippen molar-refractivity contribution in [2.24, 2.45) is 0 Å². The number of fused-ring (bicyclic) bond motifs is 1. The Bertz CT molecular complexity index is 1870. The van der Waals surface area contributed by atoms with E-state index in [1.807, 2.05) is 12.8 Å². The number of aryl methyl sites for hydroxylation is 1. The van der Waals surface area contributed by atoms with Crippen molar-refractivity contribution in [1.29, 1.82) is 0 Å². The number of aromatic nitrogens is 5. The predicted octanol–water partition coefficient (Wildman–Crippen LogP) is 0.700. The van der Waals surface area contributed by atoms with Crippen molar-refractivity contribution in [2.75, 3.05) is 12.3 Å². The van der Waals surface area contributed by atoms with Crippen molar-refractivity contribution < 1.29 is 39.5 Å². The number of imidazole rings is 1. The number of nitrogens with two attached hydrogens (primary N) is 1. The number of hydrogen-bond acceptors (Lipinski definition) is 11. The molecule has 4 aromatic rings. The Kier molecular flexibility index (Phi) is 8.36. The molecule has 0 spiro atoms. The summed E-state index contributed by atoms with van der Waals surface area (Å²) < 4.78 is 14.0. The second kappa shape index (κ2) is 11.9. The number of nitrogens with zero attached hydrogens (tertiary/aromatic N) is 5. The van der Waals surface area contributed by atoms with Gasteiger partial charge >= 0.3 is 11.9 Å². The van der Waals surface area contributed by atoms with Crippen LogP contribution in [0.25, 0.3) is 22.3 Å². The minimum absolute atomic E-state index is 0.0375. The van der Waals surface area contributed by atoms with E-state index in [2.05, 4.69) is 15.0 Å². The molecular weight excluding hydrogens is 612 g/mol. The summed E-state index contributed by atoms with van der Waals surface area (Å²) in [7, 11) is 0. The van der Waals surface area contributed by atoms with Gasteiger partial charge in [-0.15, -0.1) is 6.42 Å². The number of aliphatic hydroxyl groups is 2. The number of aliphatic hydroxyl groups excluding tert-OH is 1. The molecule has 0 aliphatic carbocycles. The number of carboxylic acid groups (broad SMARTS) is 2. The minimum atomic E-state index is -2.86. The molecule has 0 amide bonds. The van der Waals surface area contributed by atoms with Crippen LogP contribution in [0.4, 0.5) is 5.82 Å². The average molecular weight is 639 g/mol. The molecule has 0 bridgehead atoms. The van der Waals surface area contributed by atoms with Gasteiger partial charge < -0.3 is 40.2 Å². The van der Waals surface area contributed by atoms with Crippen molar-refractivity contribution >= 4 is 40.5 Å². The van der Waals surface area contributed by atoms with Crippen LogP contribution in [-0.2, 0) is 32.0 Å². The van der Waals surface area contributed by atoms with Crippen molar-refractivity contribution in [3.05, 3.63) is 70.1 Å². The summed E-state index contributed by atoms with van der Waals surface area (Å²) in [5, 5.41) is 42.1. The van der Waals surface area contributed by atoms with E-state index < -0.39 is 54.6 Å². The van der Waals surface area contributed by atoms with Crippen LogP contribution < -0.4 is 11.3 Å². The van der Waals surface area contributed by atoms with Crippen molar-refractivity contribution in [3.8, 4) is 23.5 Å². The first-order valence-corrected chi connectivity index (χ1v) is 13.8. The molecule has 0 saturated carbocycles. The monoisotopic (exact) mass is 638 g/mol. The molecule has 1 saturated heterocycles. The molecule has 234 valence electrons. The fourth-order valence-electron chi connectivity index (χ4n) is 5.14. The van der Waals surface area contributed by atoms with E-state index in [4.69, 9.17) is 33.2 Å². The van der Waals surface area contributed by atoms with Gasteiger partial charge in [0, 0.05) is 24.7 Å². The first kappa shape index (κ1) is 31.6. The Morgan fingerprint density at radius 2 is 1.91 bits per heavy atom. The third-order valence-electron chi connectivity index (χ3n) is 7.69. The molecule has 0 unspecified atom stereocenters. The third kappa shape index (κ3) is 5.39. The van der Waals surface area contributed by atoms with Crippen LogP contribution in [0, 0.1) is 12.3 Å². The fraction of sp³-hybridized carbons (Fsp3) is 0.310. The molecule has 4 atom stereocenters. The van der Waals surface area contributed by atoms with Crippen LogP contribution >= 0.6 is 11.6 Å². The van der Waals surface area contributed by atoms with Gasteiger partial charge in [0.1, 0.15) is 17.7 Å². The van der Waals surface area contributed by atoms with Gasteiger partial charge in [-0.2, -0.15) is 9.97 Å². The van der Waals surface area contributed by atoms with Gasteiger partial charge in [0.05, 0.1) is 12.9 Å². The lowest BCUT2D eigenvalue weighted by molar-refractivity contribution is -0.191. The Labute approximate surface area is 259 Å². The molecule has 15 nitrogen and oxygen atoms in total. The highest BCUT2D eigenvalue weighted by molar-refractivity contribution is 6.28. The van der Waals surface area contributed by atoms with Crippen molar-refractivity contribution in [3.63, 3.8) is 0 Å². The van der Waals surface area contributed by atoms with Crippen LogP contribution in [0.3, 0.4) is 0 Å². The SMILES string of the molecule is C#C[C@@]1(O)[C@@H](COC(Cc2ccc(-c3cccn(CC)c3=O)cc2)(C(=O)O)C(=O)O)O[C@@H](n2cnc3c(N)nc(Cl)nc32)[C@@H]1O. The second-order valence-electron chi connectivity index (χ2n) is 10.3. The standard InChI is InChI=1S/C29H27ClN6O9/c1-3-28(43)18(45-24(20(28)37)36-14-32-19-21(31)33-27(30)34-22(19)36)13-44-29(25(39)40,26(41)42)12-15-7-9-16(10-8-15)17-6-5-11-35(4-2)23(17)38/h1,5-11,14,18,20,24,37,43H,4,12-13H2,2H3,(H,39,40)(H,41,42)(H2,31,33,34)/t18-,20+,24-,28-/m1/s1. The second-order valence-corrected chi connectivity index (χ2v) is 10.6. The van der Waals surface area contributed by atoms with E-state index in [9.17, 15) is 34.8 Å². The number of halogens is 1. The molecule has 3 aromatic heterocycles. The van der Waals surface area contributed by atoms with Crippen LogP contribution in [0.15, 0.2) is 53.7 Å². The lowest BCUT2D eigenvalue weighted by Crippen LogP contribution is -2.55. The molecule has 5 rings (SSSR count). The molecule has 1 fully saturated rings. The number of aliphatic carboxylic acids is 2. The maximum Gasteiger partial charge on any atom is 0.348 e. The average Bonchev–Trinajstić information content (AvgIpc) is 3.54. The lowest BCUT2D eigenvalue weighted by Gasteiger charge is -2.30. The molecule has 4 heterocycles. The van der Waals surface area contributed by atoms with Crippen molar-refractivity contribution in [1.82, 2.24) is 24.1 Å². The Balaban J connectivity index is 1.41. The molecule has 6 N–H and O–H groups in total. The quantitative estimate of drug-likeness (QED) is 0.0917. The van der Waals surface area contributed by atoms with E-state index in [0.29, 0.717) is 17.7 Å². The minimum Gasteiger partial charge on any atom is -0.479 e. The highest BCUT2D eigenvalue weighted by atomic mass is 35.5. The molecule has 0 radical (unpaired) electrons. The number of carbonyl (C=O) groups is 2. The van der Waals surface area contributed by atoms with Crippen molar-refractivity contribution in [2.45, 2.75) is 49.5 Å². The summed E-state index contributed by atoms with van der Waals surface area (Å²) in [6.07, 6.45) is 2.85. The summed E-state index contributed by atoms with van der Waals surface area (Å²) in [5.74, 6) is -1.70. The van der Waals surface area contributed by atoms with Gasteiger partial charge in [0.2, 0.25) is 5.28 Å². The third-order valence-corrected chi connectivity index (χ3v) is 7.86. The lowest BCUT2D eigenvalue weighted by atomic mass is 9.91. The number of hydrogen-bond donors (Lipinski definition) is 5. The normalized spacial score (nSPS) is 21.5. The zero-order valence-electron chi connectivity index (χ0n) is 23.6. The van der Waals surface area contributed by atoms with Gasteiger partial charge in [-0.3, -0.25) is 9.36 Å². The summed E-state index contributed by atoms with van der Waals surface area (Å²) in [6, 6.07) is 9.46. The molecule has 1 aromatic carbocycles. The summed E-state index contributed by atoms with van der Waals surface area (Å²) >= 11 is 5.92. The van der Waals surface area contributed by atoms with Gasteiger partial charge in [0.15, 0.2) is 23.3 Å². The Hall–Kier alpha value is -4.85. The zero-order valence-corrected chi connectivity index (χ0v) is 24.3. The number of rotatable bonds is 10. The number of benzene rings is 1. The zero-order chi connectivity index (χ0) is 32.7.